The summed E-state index contributed by atoms with van der Waals surface area (Å²) in [6.45, 7) is 1.61. The van der Waals surface area contributed by atoms with Crippen molar-refractivity contribution in [2.75, 3.05) is 0 Å². The molecule has 0 unspecified atom stereocenters. The number of esters is 1. The number of carbonyl (C=O) groups excluding carboxylic acids is 1. The number of allylic oxidation sites excluding steroid dienone is 1. The molecule has 17 heavy (non-hydrogen) atoms. The van der Waals surface area contributed by atoms with Gasteiger partial charge in [0.25, 0.3) is 0 Å². The first-order valence-corrected chi connectivity index (χ1v) is 6.34. The lowest BCUT2D eigenvalue weighted by atomic mass is 9.98. The van der Waals surface area contributed by atoms with Gasteiger partial charge in [-0.3, -0.25) is 4.79 Å². The summed E-state index contributed by atoms with van der Waals surface area (Å²) in [7, 11) is 0. The summed E-state index contributed by atoms with van der Waals surface area (Å²) in [5.74, 6) is -0.457. The first-order valence-electron chi connectivity index (χ1n) is 6.34. The van der Waals surface area contributed by atoms with Crippen LogP contribution in [0.3, 0.4) is 0 Å². The van der Waals surface area contributed by atoms with Crippen LogP contribution in [0.15, 0.2) is 12.2 Å². The molecule has 0 aromatic heterocycles. The van der Waals surface area contributed by atoms with Crippen molar-refractivity contribution in [3.63, 3.8) is 0 Å². The number of aliphatic hydroxyl groups excluding tert-OH is 2. The second-order valence-corrected chi connectivity index (χ2v) is 5.10. The minimum atomic E-state index is -0.911. The maximum Gasteiger partial charge on any atom is 0.311 e. The third-order valence-corrected chi connectivity index (χ3v) is 3.79. The maximum atomic E-state index is 11.2. The van der Waals surface area contributed by atoms with Crippen LogP contribution in [0.2, 0.25) is 0 Å². The largest absolute Gasteiger partial charge is 0.456 e. The Labute approximate surface area is 101 Å². The van der Waals surface area contributed by atoms with E-state index in [9.17, 15) is 15.0 Å². The molecule has 2 N–H and O–H groups in total. The number of rotatable bonds is 3. The van der Waals surface area contributed by atoms with Crippen LogP contribution in [0, 0.1) is 11.8 Å². The van der Waals surface area contributed by atoms with Gasteiger partial charge in [0.15, 0.2) is 6.10 Å². The van der Waals surface area contributed by atoms with Crippen molar-refractivity contribution in [3.8, 4) is 0 Å². The lowest BCUT2D eigenvalue weighted by Gasteiger charge is -2.17. The summed E-state index contributed by atoms with van der Waals surface area (Å²) in [4.78, 5) is 11.2. The van der Waals surface area contributed by atoms with Crippen LogP contribution >= 0.6 is 0 Å². The molecule has 1 aliphatic heterocycles. The van der Waals surface area contributed by atoms with E-state index in [2.05, 4.69) is 0 Å². The van der Waals surface area contributed by atoms with Crippen LogP contribution in [-0.2, 0) is 9.53 Å². The maximum absolute atomic E-state index is 11.2. The van der Waals surface area contributed by atoms with Gasteiger partial charge in [-0.05, 0) is 25.7 Å². The molecular weight excluding hydrogens is 220 g/mol. The molecule has 4 heteroatoms. The standard InChI is InChI=1S/C13H20O4/c1-8-11(15)12(17-13(8)16)10(14)7-6-9-4-2-3-5-9/h6-12,14-15H,2-5H2,1H3/b7-6+/t8-,10-,11+,12+/m1/s1. The molecule has 4 nitrogen and oxygen atoms in total. The Hall–Kier alpha value is -0.870. The van der Waals surface area contributed by atoms with Crippen molar-refractivity contribution in [1.29, 1.82) is 0 Å². The number of aliphatic hydroxyl groups is 2. The molecule has 1 saturated heterocycles. The molecule has 0 radical (unpaired) electrons. The van der Waals surface area contributed by atoms with Crippen molar-refractivity contribution in [3.05, 3.63) is 12.2 Å². The van der Waals surface area contributed by atoms with E-state index in [0.29, 0.717) is 5.92 Å². The summed E-state index contributed by atoms with van der Waals surface area (Å²) < 4.78 is 4.97. The summed E-state index contributed by atoms with van der Waals surface area (Å²) >= 11 is 0. The molecule has 0 spiro atoms. The van der Waals surface area contributed by atoms with Crippen LogP contribution in [-0.4, -0.2) is 34.5 Å². The topological polar surface area (TPSA) is 66.8 Å². The van der Waals surface area contributed by atoms with Gasteiger partial charge in [-0.25, -0.2) is 0 Å². The zero-order valence-corrected chi connectivity index (χ0v) is 10.1. The van der Waals surface area contributed by atoms with Crippen LogP contribution in [0.25, 0.3) is 0 Å². The summed E-state index contributed by atoms with van der Waals surface area (Å²) in [6, 6.07) is 0. The second-order valence-electron chi connectivity index (χ2n) is 5.10. The molecule has 96 valence electrons. The normalized spacial score (nSPS) is 36.6. The Morgan fingerprint density at radius 2 is 2.06 bits per heavy atom. The average Bonchev–Trinajstić information content (AvgIpc) is 2.91. The SMILES string of the molecule is C[C@H]1C(=O)O[C@@H]([C@H](O)/C=C/C2CCCC2)[C@H]1O. The van der Waals surface area contributed by atoms with E-state index < -0.39 is 30.2 Å². The Morgan fingerprint density at radius 3 is 2.59 bits per heavy atom. The Kier molecular flexibility index (Phi) is 3.84. The summed E-state index contributed by atoms with van der Waals surface area (Å²) in [6.07, 6.45) is 5.82. The molecule has 4 atom stereocenters. The van der Waals surface area contributed by atoms with Gasteiger partial charge in [-0.1, -0.05) is 25.0 Å². The van der Waals surface area contributed by atoms with Crippen molar-refractivity contribution in [1.82, 2.24) is 0 Å². The van der Waals surface area contributed by atoms with E-state index >= 15 is 0 Å². The highest BCUT2D eigenvalue weighted by Gasteiger charge is 2.43. The second kappa shape index (κ2) is 5.19. The van der Waals surface area contributed by atoms with Gasteiger partial charge in [-0.15, -0.1) is 0 Å². The molecule has 0 aromatic carbocycles. The van der Waals surface area contributed by atoms with E-state index in [1.165, 1.54) is 12.8 Å². The molecule has 0 bridgehead atoms. The number of cyclic esters (lactones) is 1. The minimum absolute atomic E-state index is 0.434. The molecular formula is C13H20O4. The van der Waals surface area contributed by atoms with Gasteiger partial charge in [0, 0.05) is 0 Å². The van der Waals surface area contributed by atoms with Gasteiger partial charge < -0.3 is 14.9 Å². The molecule has 0 aromatic rings. The van der Waals surface area contributed by atoms with Crippen LogP contribution in [0.4, 0.5) is 0 Å². The predicted octanol–water partition coefficient (Wildman–Crippen LogP) is 1.02. The first-order chi connectivity index (χ1) is 8.09. The average molecular weight is 240 g/mol. The van der Waals surface area contributed by atoms with Crippen molar-refractivity contribution in [2.45, 2.75) is 50.9 Å². The number of ether oxygens (including phenoxy) is 1. The fraction of sp³-hybridized carbons (Fsp3) is 0.769. The van der Waals surface area contributed by atoms with Crippen molar-refractivity contribution >= 4 is 5.97 Å². The van der Waals surface area contributed by atoms with E-state index in [0.717, 1.165) is 12.8 Å². The van der Waals surface area contributed by atoms with Crippen molar-refractivity contribution < 1.29 is 19.7 Å². The zero-order chi connectivity index (χ0) is 12.4. The zero-order valence-electron chi connectivity index (χ0n) is 10.1. The number of hydrogen-bond acceptors (Lipinski definition) is 4. The van der Waals surface area contributed by atoms with Crippen LogP contribution < -0.4 is 0 Å². The van der Waals surface area contributed by atoms with Gasteiger partial charge >= 0.3 is 5.97 Å². The van der Waals surface area contributed by atoms with Crippen LogP contribution in [0.5, 0.6) is 0 Å². The molecule has 2 fully saturated rings. The quantitative estimate of drug-likeness (QED) is 0.571. The molecule has 0 amide bonds. The fourth-order valence-electron chi connectivity index (χ4n) is 2.54. The van der Waals surface area contributed by atoms with E-state index in [-0.39, 0.29) is 0 Å². The predicted molar refractivity (Wildman–Crippen MR) is 62.2 cm³/mol. The first kappa shape index (κ1) is 12.6. The van der Waals surface area contributed by atoms with E-state index in [1.807, 2.05) is 6.08 Å². The monoisotopic (exact) mass is 240 g/mol. The van der Waals surface area contributed by atoms with E-state index in [4.69, 9.17) is 4.74 Å². The molecule has 2 rings (SSSR count). The van der Waals surface area contributed by atoms with Gasteiger partial charge in [-0.2, -0.15) is 0 Å². The lowest BCUT2D eigenvalue weighted by Crippen LogP contribution is -2.35. The molecule has 1 heterocycles. The van der Waals surface area contributed by atoms with Gasteiger partial charge in [0.05, 0.1) is 5.92 Å². The minimum Gasteiger partial charge on any atom is -0.456 e. The fourth-order valence-corrected chi connectivity index (χ4v) is 2.54. The third kappa shape index (κ3) is 2.69. The number of carbonyl (C=O) groups is 1. The highest BCUT2D eigenvalue weighted by Crippen LogP contribution is 2.27. The Bertz CT molecular complexity index is 307. The van der Waals surface area contributed by atoms with Crippen LogP contribution in [0.1, 0.15) is 32.6 Å². The van der Waals surface area contributed by atoms with Gasteiger partial charge in [0.2, 0.25) is 0 Å². The molecule has 1 aliphatic carbocycles. The number of hydrogen-bond donors (Lipinski definition) is 2. The van der Waals surface area contributed by atoms with Gasteiger partial charge in [0.1, 0.15) is 12.2 Å². The summed E-state index contributed by atoms with van der Waals surface area (Å²) in [5, 5.41) is 19.6. The highest BCUT2D eigenvalue weighted by molar-refractivity contribution is 5.75. The van der Waals surface area contributed by atoms with Crippen molar-refractivity contribution in [2.24, 2.45) is 11.8 Å². The Balaban J connectivity index is 1.91. The lowest BCUT2D eigenvalue weighted by molar-refractivity contribution is -0.146. The summed E-state index contributed by atoms with van der Waals surface area (Å²) in [5.41, 5.74) is 0. The smallest absolute Gasteiger partial charge is 0.311 e. The highest BCUT2D eigenvalue weighted by atomic mass is 16.6. The van der Waals surface area contributed by atoms with E-state index in [1.54, 1.807) is 13.0 Å². The molecule has 2 aliphatic rings. The third-order valence-electron chi connectivity index (χ3n) is 3.79. The Morgan fingerprint density at radius 1 is 1.41 bits per heavy atom. The molecule has 1 saturated carbocycles.